The van der Waals surface area contributed by atoms with Gasteiger partial charge in [0.25, 0.3) is 0 Å². The van der Waals surface area contributed by atoms with Gasteiger partial charge in [0.05, 0.1) is 12.1 Å². The second-order valence-electron chi connectivity index (χ2n) is 6.35. The predicted molar refractivity (Wildman–Crippen MR) is 80.2 cm³/mol. The molecule has 106 valence electrons. The molecule has 0 amide bonds. The Hall–Kier alpha value is -1.02. The maximum atomic E-state index is 12.2. The van der Waals surface area contributed by atoms with Gasteiger partial charge in [-0.1, -0.05) is 39.3 Å². The summed E-state index contributed by atoms with van der Waals surface area (Å²) >= 11 is 6.04. The van der Waals surface area contributed by atoms with Gasteiger partial charge in [0.2, 0.25) is 0 Å². The molecule has 1 rings (SSSR count). The molecular formula is C16H23ClO2. The van der Waals surface area contributed by atoms with Crippen LogP contribution in [0.2, 0.25) is 5.02 Å². The van der Waals surface area contributed by atoms with Crippen LogP contribution in [0.4, 0.5) is 0 Å². The Kier molecular flexibility index (Phi) is 5.42. The van der Waals surface area contributed by atoms with Gasteiger partial charge in [0.15, 0.2) is 5.78 Å². The topological polar surface area (TPSA) is 26.3 Å². The Morgan fingerprint density at radius 2 is 2.00 bits per heavy atom. The van der Waals surface area contributed by atoms with E-state index in [1.807, 2.05) is 0 Å². The molecule has 0 bridgehead atoms. The van der Waals surface area contributed by atoms with Crippen molar-refractivity contribution in [3.63, 3.8) is 0 Å². The molecule has 0 aliphatic carbocycles. The largest absolute Gasteiger partial charge is 0.495 e. The number of carbonyl (C=O) groups is 1. The molecule has 0 heterocycles. The van der Waals surface area contributed by atoms with E-state index >= 15 is 0 Å². The normalized spacial score (nSPS) is 13.2. The third-order valence-electron chi connectivity index (χ3n) is 2.97. The maximum absolute atomic E-state index is 12.2. The lowest BCUT2D eigenvalue weighted by Gasteiger charge is -2.22. The van der Waals surface area contributed by atoms with Crippen molar-refractivity contribution in [2.24, 2.45) is 11.3 Å². The third-order valence-corrected chi connectivity index (χ3v) is 3.26. The van der Waals surface area contributed by atoms with Gasteiger partial charge >= 0.3 is 0 Å². The van der Waals surface area contributed by atoms with Crippen molar-refractivity contribution in [2.75, 3.05) is 7.11 Å². The second kappa shape index (κ2) is 6.42. The SMILES string of the molecule is COc1ccc(C(=O)CC(C)CC(C)(C)C)cc1Cl. The lowest BCUT2D eigenvalue weighted by molar-refractivity contribution is 0.0954. The first-order valence-corrected chi connectivity index (χ1v) is 6.97. The van der Waals surface area contributed by atoms with Crippen LogP contribution in [0.15, 0.2) is 18.2 Å². The number of halogens is 1. The van der Waals surface area contributed by atoms with Crippen LogP contribution >= 0.6 is 11.6 Å². The molecular weight excluding hydrogens is 260 g/mol. The average molecular weight is 283 g/mol. The molecule has 0 aliphatic heterocycles. The fourth-order valence-corrected chi connectivity index (χ4v) is 2.65. The second-order valence-corrected chi connectivity index (χ2v) is 6.75. The van der Waals surface area contributed by atoms with Crippen LogP contribution in [-0.2, 0) is 0 Å². The van der Waals surface area contributed by atoms with E-state index in [1.54, 1.807) is 25.3 Å². The molecule has 1 aromatic carbocycles. The van der Waals surface area contributed by atoms with Crippen LogP contribution in [0.1, 0.15) is 50.9 Å². The quantitative estimate of drug-likeness (QED) is 0.711. The van der Waals surface area contributed by atoms with Gasteiger partial charge in [0.1, 0.15) is 5.75 Å². The van der Waals surface area contributed by atoms with Crippen LogP contribution in [0.3, 0.4) is 0 Å². The summed E-state index contributed by atoms with van der Waals surface area (Å²) in [5, 5.41) is 0.483. The fourth-order valence-electron chi connectivity index (χ4n) is 2.39. The number of hydrogen-bond donors (Lipinski definition) is 0. The monoisotopic (exact) mass is 282 g/mol. The standard InChI is InChI=1S/C16H23ClO2/c1-11(10-16(2,3)4)8-14(18)12-6-7-15(19-5)13(17)9-12/h6-7,9,11H,8,10H2,1-5H3. The molecule has 19 heavy (non-hydrogen) atoms. The van der Waals surface area contributed by atoms with E-state index in [0.717, 1.165) is 6.42 Å². The summed E-state index contributed by atoms with van der Waals surface area (Å²) in [6.45, 7) is 8.70. The van der Waals surface area contributed by atoms with E-state index in [-0.39, 0.29) is 11.2 Å². The zero-order valence-electron chi connectivity index (χ0n) is 12.4. The summed E-state index contributed by atoms with van der Waals surface area (Å²) in [5.74, 6) is 1.11. The van der Waals surface area contributed by atoms with E-state index in [0.29, 0.717) is 28.7 Å². The van der Waals surface area contributed by atoms with Gasteiger partial charge in [0, 0.05) is 12.0 Å². The Labute approximate surface area is 121 Å². The number of rotatable bonds is 5. The van der Waals surface area contributed by atoms with E-state index in [9.17, 15) is 4.79 Å². The molecule has 2 nitrogen and oxygen atoms in total. The molecule has 3 heteroatoms. The number of benzene rings is 1. The molecule has 1 aromatic rings. The third kappa shape index (κ3) is 5.23. The molecule has 0 spiro atoms. The summed E-state index contributed by atoms with van der Waals surface area (Å²) in [4.78, 5) is 12.2. The van der Waals surface area contributed by atoms with E-state index in [2.05, 4.69) is 27.7 Å². The van der Waals surface area contributed by atoms with Crippen molar-refractivity contribution < 1.29 is 9.53 Å². The minimum absolute atomic E-state index is 0.140. The number of ketones is 1. The number of Topliss-reactive ketones (excluding diaryl/α,β-unsaturated/α-hetero) is 1. The van der Waals surface area contributed by atoms with Crippen molar-refractivity contribution in [3.05, 3.63) is 28.8 Å². The lowest BCUT2D eigenvalue weighted by atomic mass is 9.83. The van der Waals surface area contributed by atoms with Gasteiger partial charge < -0.3 is 4.74 Å². The van der Waals surface area contributed by atoms with Gasteiger partial charge in [-0.3, -0.25) is 4.79 Å². The highest BCUT2D eigenvalue weighted by Crippen LogP contribution is 2.29. The molecule has 0 fully saturated rings. The first kappa shape index (κ1) is 16.0. The van der Waals surface area contributed by atoms with Gasteiger partial charge in [-0.25, -0.2) is 0 Å². The maximum Gasteiger partial charge on any atom is 0.163 e. The summed E-state index contributed by atoms with van der Waals surface area (Å²) in [5.41, 5.74) is 0.906. The molecule has 0 aliphatic rings. The Bertz CT molecular complexity index is 447. The number of methoxy groups -OCH3 is 1. The summed E-state index contributed by atoms with van der Waals surface area (Å²) in [6.07, 6.45) is 1.59. The van der Waals surface area contributed by atoms with E-state index in [4.69, 9.17) is 16.3 Å². The molecule has 1 unspecified atom stereocenters. The van der Waals surface area contributed by atoms with Crippen molar-refractivity contribution in [1.29, 1.82) is 0 Å². The molecule has 0 saturated carbocycles. The van der Waals surface area contributed by atoms with Crippen LogP contribution in [-0.4, -0.2) is 12.9 Å². The zero-order valence-corrected chi connectivity index (χ0v) is 13.2. The summed E-state index contributed by atoms with van der Waals surface area (Å²) in [7, 11) is 1.56. The Morgan fingerprint density at radius 3 is 2.47 bits per heavy atom. The average Bonchev–Trinajstić information content (AvgIpc) is 2.26. The number of ether oxygens (including phenoxy) is 1. The molecule has 0 saturated heterocycles. The molecule has 0 N–H and O–H groups in total. The minimum atomic E-state index is 0.140. The minimum Gasteiger partial charge on any atom is -0.495 e. The van der Waals surface area contributed by atoms with E-state index in [1.165, 1.54) is 0 Å². The van der Waals surface area contributed by atoms with Crippen LogP contribution in [0, 0.1) is 11.3 Å². The van der Waals surface area contributed by atoms with Crippen molar-refractivity contribution in [3.8, 4) is 5.75 Å². The van der Waals surface area contributed by atoms with Crippen molar-refractivity contribution >= 4 is 17.4 Å². The lowest BCUT2D eigenvalue weighted by Crippen LogP contribution is -2.14. The highest BCUT2D eigenvalue weighted by Gasteiger charge is 2.19. The zero-order chi connectivity index (χ0) is 14.6. The molecule has 0 radical (unpaired) electrons. The first-order valence-electron chi connectivity index (χ1n) is 6.59. The van der Waals surface area contributed by atoms with Crippen molar-refractivity contribution in [1.82, 2.24) is 0 Å². The fraction of sp³-hybridized carbons (Fsp3) is 0.562. The summed E-state index contributed by atoms with van der Waals surface area (Å²) < 4.78 is 5.08. The predicted octanol–water partition coefficient (Wildman–Crippen LogP) is 4.99. The number of carbonyl (C=O) groups excluding carboxylic acids is 1. The van der Waals surface area contributed by atoms with Crippen LogP contribution in [0.25, 0.3) is 0 Å². The highest BCUT2D eigenvalue weighted by atomic mass is 35.5. The van der Waals surface area contributed by atoms with Gasteiger partial charge in [-0.15, -0.1) is 0 Å². The first-order chi connectivity index (χ1) is 8.73. The van der Waals surface area contributed by atoms with Gasteiger partial charge in [-0.2, -0.15) is 0 Å². The Morgan fingerprint density at radius 1 is 1.37 bits per heavy atom. The smallest absolute Gasteiger partial charge is 0.163 e. The van der Waals surface area contributed by atoms with Crippen molar-refractivity contribution in [2.45, 2.75) is 40.5 Å². The molecule has 0 aromatic heterocycles. The van der Waals surface area contributed by atoms with Crippen LogP contribution in [0.5, 0.6) is 5.75 Å². The van der Waals surface area contributed by atoms with Crippen LogP contribution < -0.4 is 4.74 Å². The molecule has 1 atom stereocenters. The number of hydrogen-bond acceptors (Lipinski definition) is 2. The van der Waals surface area contributed by atoms with Gasteiger partial charge in [-0.05, 0) is 36.0 Å². The summed E-state index contributed by atoms with van der Waals surface area (Å²) in [6, 6.07) is 5.20. The van der Waals surface area contributed by atoms with E-state index < -0.39 is 0 Å². The highest BCUT2D eigenvalue weighted by molar-refractivity contribution is 6.32. The Balaban J connectivity index is 2.71.